The number of anilines is 2. The molecule has 0 aliphatic heterocycles. The van der Waals surface area contributed by atoms with E-state index in [-0.39, 0.29) is 12.5 Å². The molecule has 21 heavy (non-hydrogen) atoms. The van der Waals surface area contributed by atoms with Crippen molar-refractivity contribution in [1.29, 1.82) is 0 Å². The minimum Gasteiger partial charge on any atom is -0.365 e. The SMILES string of the molecule is CCCSc1nsc(NC(=O)CN(C)c2ccccc2)n1. The molecule has 0 fully saturated rings. The van der Waals surface area contributed by atoms with Gasteiger partial charge in [-0.25, -0.2) is 0 Å². The third kappa shape index (κ3) is 5.02. The van der Waals surface area contributed by atoms with Gasteiger partial charge < -0.3 is 4.90 Å². The lowest BCUT2D eigenvalue weighted by Gasteiger charge is -2.17. The van der Waals surface area contributed by atoms with E-state index in [0.29, 0.717) is 5.13 Å². The number of amides is 1. The van der Waals surface area contributed by atoms with Gasteiger partial charge in [-0.3, -0.25) is 10.1 Å². The van der Waals surface area contributed by atoms with Gasteiger partial charge in [-0.1, -0.05) is 36.9 Å². The van der Waals surface area contributed by atoms with Crippen molar-refractivity contribution in [2.45, 2.75) is 18.5 Å². The van der Waals surface area contributed by atoms with Crippen molar-refractivity contribution in [3.63, 3.8) is 0 Å². The van der Waals surface area contributed by atoms with E-state index in [4.69, 9.17) is 0 Å². The topological polar surface area (TPSA) is 58.1 Å². The maximum Gasteiger partial charge on any atom is 0.245 e. The summed E-state index contributed by atoms with van der Waals surface area (Å²) in [7, 11) is 1.89. The first-order chi connectivity index (χ1) is 10.2. The predicted octanol–water partition coefficient (Wildman–Crippen LogP) is 3.12. The molecule has 1 heterocycles. The van der Waals surface area contributed by atoms with Gasteiger partial charge in [0, 0.05) is 30.0 Å². The molecular formula is C14H18N4OS2. The van der Waals surface area contributed by atoms with Crippen LogP contribution in [0.5, 0.6) is 0 Å². The summed E-state index contributed by atoms with van der Waals surface area (Å²) in [6.45, 7) is 2.39. The lowest BCUT2D eigenvalue weighted by atomic mass is 10.3. The minimum atomic E-state index is -0.0930. The van der Waals surface area contributed by atoms with Gasteiger partial charge in [0.1, 0.15) is 0 Å². The van der Waals surface area contributed by atoms with E-state index in [1.54, 1.807) is 11.8 Å². The van der Waals surface area contributed by atoms with Crippen LogP contribution in [0.15, 0.2) is 35.5 Å². The van der Waals surface area contributed by atoms with Gasteiger partial charge in [0.2, 0.25) is 16.2 Å². The number of thioether (sulfide) groups is 1. The molecule has 0 radical (unpaired) electrons. The number of carbonyl (C=O) groups is 1. The molecule has 1 aromatic carbocycles. The van der Waals surface area contributed by atoms with Gasteiger partial charge in [-0.15, -0.1) is 0 Å². The third-order valence-electron chi connectivity index (χ3n) is 2.67. The molecule has 0 bridgehead atoms. The van der Waals surface area contributed by atoms with Gasteiger partial charge in [-0.05, 0) is 18.6 Å². The Balaban J connectivity index is 1.85. The van der Waals surface area contributed by atoms with E-state index in [9.17, 15) is 4.79 Å². The molecule has 2 rings (SSSR count). The van der Waals surface area contributed by atoms with Crippen LogP contribution in [-0.2, 0) is 4.79 Å². The first-order valence-electron chi connectivity index (χ1n) is 6.71. The fraction of sp³-hybridized carbons (Fsp3) is 0.357. The fourth-order valence-electron chi connectivity index (χ4n) is 1.66. The zero-order valence-corrected chi connectivity index (χ0v) is 13.7. The van der Waals surface area contributed by atoms with Crippen molar-refractivity contribution in [2.75, 3.05) is 29.6 Å². The smallest absolute Gasteiger partial charge is 0.245 e. The van der Waals surface area contributed by atoms with Gasteiger partial charge in [0.15, 0.2) is 0 Å². The number of benzene rings is 1. The monoisotopic (exact) mass is 322 g/mol. The maximum atomic E-state index is 12.0. The van der Waals surface area contributed by atoms with Crippen LogP contribution in [0, 0.1) is 0 Å². The second-order valence-corrected chi connectivity index (χ2v) is 6.28. The molecule has 112 valence electrons. The van der Waals surface area contributed by atoms with Crippen LogP contribution in [0.2, 0.25) is 0 Å². The Bertz CT molecular complexity index is 573. The Labute approximate surface area is 132 Å². The molecule has 7 heteroatoms. The van der Waals surface area contributed by atoms with E-state index in [0.717, 1.165) is 23.0 Å². The highest BCUT2D eigenvalue weighted by atomic mass is 32.2. The number of carbonyl (C=O) groups excluding carboxylic acids is 1. The van der Waals surface area contributed by atoms with Gasteiger partial charge >= 0.3 is 0 Å². The van der Waals surface area contributed by atoms with Crippen molar-refractivity contribution < 1.29 is 4.79 Å². The van der Waals surface area contributed by atoms with Crippen molar-refractivity contribution in [1.82, 2.24) is 9.36 Å². The molecule has 0 unspecified atom stereocenters. The molecule has 5 nitrogen and oxygen atoms in total. The van der Waals surface area contributed by atoms with Crippen LogP contribution < -0.4 is 10.2 Å². The van der Waals surface area contributed by atoms with Gasteiger partial charge in [-0.2, -0.15) is 9.36 Å². The maximum absolute atomic E-state index is 12.0. The number of rotatable bonds is 7. The van der Waals surface area contributed by atoms with E-state index >= 15 is 0 Å². The molecule has 2 aromatic rings. The van der Waals surface area contributed by atoms with Crippen LogP contribution in [0.1, 0.15) is 13.3 Å². The Hall–Kier alpha value is -1.60. The molecule has 0 aliphatic carbocycles. The lowest BCUT2D eigenvalue weighted by Crippen LogP contribution is -2.29. The molecular weight excluding hydrogens is 304 g/mol. The van der Waals surface area contributed by atoms with Gasteiger partial charge in [0.05, 0.1) is 6.54 Å². The van der Waals surface area contributed by atoms with Crippen LogP contribution in [0.3, 0.4) is 0 Å². The molecule has 0 saturated carbocycles. The van der Waals surface area contributed by atoms with Crippen LogP contribution in [0.4, 0.5) is 10.8 Å². The third-order valence-corrected chi connectivity index (χ3v) is 4.47. The zero-order chi connectivity index (χ0) is 15.1. The summed E-state index contributed by atoms with van der Waals surface area (Å²) in [5.41, 5.74) is 1.00. The molecule has 1 N–H and O–H groups in total. The number of hydrogen-bond acceptors (Lipinski definition) is 6. The number of likely N-dealkylation sites (N-methyl/N-ethyl adjacent to an activating group) is 1. The van der Waals surface area contributed by atoms with E-state index < -0.39 is 0 Å². The summed E-state index contributed by atoms with van der Waals surface area (Å²) in [5, 5.41) is 4.08. The number of hydrogen-bond donors (Lipinski definition) is 1. The summed E-state index contributed by atoms with van der Waals surface area (Å²) in [4.78, 5) is 18.2. The van der Waals surface area contributed by atoms with E-state index in [2.05, 4.69) is 21.6 Å². The molecule has 0 saturated heterocycles. The summed E-state index contributed by atoms with van der Waals surface area (Å²) >= 11 is 2.82. The first kappa shape index (κ1) is 15.8. The predicted molar refractivity (Wildman–Crippen MR) is 89.3 cm³/mol. The lowest BCUT2D eigenvalue weighted by molar-refractivity contribution is -0.114. The highest BCUT2D eigenvalue weighted by Crippen LogP contribution is 2.20. The number of nitrogens with zero attached hydrogens (tertiary/aromatic N) is 3. The number of aromatic nitrogens is 2. The Kier molecular flexibility index (Phi) is 6.01. The number of nitrogens with one attached hydrogen (secondary N) is 1. The summed E-state index contributed by atoms with van der Waals surface area (Å²) in [6, 6.07) is 9.79. The molecule has 1 aromatic heterocycles. The second-order valence-electron chi connectivity index (χ2n) is 4.47. The fourth-order valence-corrected chi connectivity index (χ4v) is 3.08. The molecule has 0 atom stereocenters. The largest absolute Gasteiger partial charge is 0.365 e. The Morgan fingerprint density at radius 2 is 2.14 bits per heavy atom. The highest BCUT2D eigenvalue weighted by molar-refractivity contribution is 7.99. The zero-order valence-electron chi connectivity index (χ0n) is 12.1. The van der Waals surface area contributed by atoms with Crippen LogP contribution >= 0.6 is 23.3 Å². The molecule has 1 amide bonds. The Morgan fingerprint density at radius 3 is 2.86 bits per heavy atom. The minimum absolute atomic E-state index is 0.0930. The van der Waals surface area contributed by atoms with E-state index in [1.807, 2.05) is 42.3 Å². The standard InChI is InChI=1S/C14H18N4OS2/c1-3-9-20-14-16-13(21-17-14)15-12(19)10-18(2)11-7-5-4-6-8-11/h4-8H,3,9-10H2,1-2H3,(H,15,16,17,19). The van der Waals surface area contributed by atoms with Crippen molar-refractivity contribution in [3.05, 3.63) is 30.3 Å². The second kappa shape index (κ2) is 7.99. The van der Waals surface area contributed by atoms with Crippen LogP contribution in [0.25, 0.3) is 0 Å². The average Bonchev–Trinajstić information content (AvgIpc) is 2.93. The normalized spacial score (nSPS) is 10.4. The van der Waals surface area contributed by atoms with Crippen molar-refractivity contribution in [2.24, 2.45) is 0 Å². The highest BCUT2D eigenvalue weighted by Gasteiger charge is 2.11. The average molecular weight is 322 g/mol. The summed E-state index contributed by atoms with van der Waals surface area (Å²) in [6.07, 6.45) is 1.08. The molecule has 0 aliphatic rings. The Morgan fingerprint density at radius 1 is 1.38 bits per heavy atom. The van der Waals surface area contributed by atoms with Crippen molar-refractivity contribution in [3.8, 4) is 0 Å². The quantitative estimate of drug-likeness (QED) is 0.794. The van der Waals surface area contributed by atoms with Crippen molar-refractivity contribution >= 4 is 40.0 Å². The van der Waals surface area contributed by atoms with Crippen LogP contribution in [-0.4, -0.2) is 34.6 Å². The number of para-hydroxylation sites is 1. The first-order valence-corrected chi connectivity index (χ1v) is 8.47. The summed E-state index contributed by atoms with van der Waals surface area (Å²) in [5.74, 6) is 0.894. The summed E-state index contributed by atoms with van der Waals surface area (Å²) < 4.78 is 4.21. The molecule has 0 spiro atoms. The van der Waals surface area contributed by atoms with E-state index in [1.165, 1.54) is 11.5 Å². The van der Waals surface area contributed by atoms with Gasteiger partial charge in [0.25, 0.3) is 0 Å².